The van der Waals surface area contributed by atoms with Crippen LogP contribution < -0.4 is 4.31 Å². The van der Waals surface area contributed by atoms with Crippen LogP contribution in [0.2, 0.25) is 0 Å². The van der Waals surface area contributed by atoms with Crippen LogP contribution in [-0.2, 0) is 19.9 Å². The minimum Gasteiger partial charge on any atom is -0.390 e. The Kier molecular flexibility index (Phi) is 4.93. The molecule has 0 amide bonds. The quantitative estimate of drug-likeness (QED) is 0.774. The van der Waals surface area contributed by atoms with Crippen molar-refractivity contribution < 1.29 is 21.9 Å². The van der Waals surface area contributed by atoms with Crippen molar-refractivity contribution in [1.29, 1.82) is 0 Å². The normalized spacial score (nSPS) is 22.6. The molecule has 0 aromatic heterocycles. The number of rotatable bonds is 4. The highest BCUT2D eigenvalue weighted by atomic mass is 79.9. The third-order valence-electron chi connectivity index (χ3n) is 3.98. The molecule has 1 aliphatic rings. The topological polar surface area (TPSA) is 91.8 Å². The summed E-state index contributed by atoms with van der Waals surface area (Å²) in [6.45, 7) is 0. The predicted octanol–water partition coefficient (Wildman–Crippen LogP) is 1.80. The van der Waals surface area contributed by atoms with Gasteiger partial charge in [-0.3, -0.25) is 4.31 Å². The molecular weight excluding hydrogens is 430 g/mol. The number of aliphatic hydroxyl groups is 1. The van der Waals surface area contributed by atoms with E-state index < -0.39 is 43.5 Å². The Morgan fingerprint density at radius 3 is 2.12 bits per heavy atom. The second kappa shape index (κ2) is 6.71. The summed E-state index contributed by atoms with van der Waals surface area (Å²) >= 11 is 3.26. The number of halogens is 1. The molecule has 1 fully saturated rings. The minimum atomic E-state index is -4.05. The van der Waals surface area contributed by atoms with Crippen molar-refractivity contribution in [2.45, 2.75) is 17.0 Å². The smallest absolute Gasteiger partial charge is 0.264 e. The van der Waals surface area contributed by atoms with Gasteiger partial charge in [0.1, 0.15) is 0 Å². The summed E-state index contributed by atoms with van der Waals surface area (Å²) in [5.74, 6) is -0.865. The second-order valence-corrected chi connectivity index (χ2v) is 10.7. The number of nitrogens with zero attached hydrogens (tertiary/aromatic N) is 1. The lowest BCUT2D eigenvalue weighted by Crippen LogP contribution is -2.47. The van der Waals surface area contributed by atoms with Gasteiger partial charge in [0, 0.05) is 4.47 Å². The standard InChI is InChI=1S/C16H16BrNO5S2/c17-12-6-8-14(9-7-12)25(22,23)18(13-4-2-1-3-5-13)15-10-24(20,21)11-16(15)19/h1-9,15-16,19H,10-11H2/t15-,16-/m1/s1. The zero-order chi connectivity index (χ0) is 18.2. The number of anilines is 1. The third-order valence-corrected chi connectivity index (χ3v) is 8.07. The molecule has 25 heavy (non-hydrogen) atoms. The van der Waals surface area contributed by atoms with Crippen LogP contribution in [0.3, 0.4) is 0 Å². The number of aliphatic hydroxyl groups excluding tert-OH is 1. The molecule has 0 unspecified atom stereocenters. The first-order valence-corrected chi connectivity index (χ1v) is 11.5. The van der Waals surface area contributed by atoms with Gasteiger partial charge in [-0.1, -0.05) is 34.1 Å². The minimum absolute atomic E-state index is 0.0241. The molecule has 0 bridgehead atoms. The number of sulfone groups is 1. The van der Waals surface area contributed by atoms with Gasteiger partial charge in [0.15, 0.2) is 9.84 Å². The maximum absolute atomic E-state index is 13.2. The summed E-state index contributed by atoms with van der Waals surface area (Å²) in [4.78, 5) is 0.0241. The summed E-state index contributed by atoms with van der Waals surface area (Å²) in [7, 11) is -7.56. The number of benzene rings is 2. The van der Waals surface area contributed by atoms with Crippen LogP contribution in [0, 0.1) is 0 Å². The summed E-state index contributed by atoms with van der Waals surface area (Å²) < 4.78 is 51.9. The fourth-order valence-electron chi connectivity index (χ4n) is 2.84. The lowest BCUT2D eigenvalue weighted by molar-refractivity contribution is 0.184. The van der Waals surface area contributed by atoms with Crippen molar-refractivity contribution >= 4 is 41.5 Å². The van der Waals surface area contributed by atoms with E-state index in [4.69, 9.17) is 0 Å². The molecule has 1 N–H and O–H groups in total. The Balaban J connectivity index is 2.13. The molecule has 134 valence electrons. The van der Waals surface area contributed by atoms with Gasteiger partial charge >= 0.3 is 0 Å². The van der Waals surface area contributed by atoms with Gasteiger partial charge in [-0.2, -0.15) is 0 Å². The van der Waals surface area contributed by atoms with Crippen molar-refractivity contribution in [1.82, 2.24) is 0 Å². The van der Waals surface area contributed by atoms with E-state index in [-0.39, 0.29) is 4.90 Å². The highest BCUT2D eigenvalue weighted by molar-refractivity contribution is 9.10. The average Bonchev–Trinajstić information content (AvgIpc) is 2.81. The molecule has 1 saturated heterocycles. The Bertz CT molecular complexity index is 959. The molecule has 2 aromatic rings. The summed E-state index contributed by atoms with van der Waals surface area (Å²) in [5.41, 5.74) is 0.312. The van der Waals surface area contributed by atoms with E-state index in [2.05, 4.69) is 15.9 Å². The Hall–Kier alpha value is -1.42. The van der Waals surface area contributed by atoms with Gasteiger partial charge in [0.2, 0.25) is 0 Å². The zero-order valence-electron chi connectivity index (χ0n) is 13.0. The van der Waals surface area contributed by atoms with Crippen LogP contribution in [0.25, 0.3) is 0 Å². The first-order valence-electron chi connectivity index (χ1n) is 7.44. The zero-order valence-corrected chi connectivity index (χ0v) is 16.2. The van der Waals surface area contributed by atoms with E-state index in [1.54, 1.807) is 42.5 Å². The van der Waals surface area contributed by atoms with Crippen molar-refractivity contribution in [3.8, 4) is 0 Å². The Morgan fingerprint density at radius 2 is 1.60 bits per heavy atom. The van der Waals surface area contributed by atoms with Crippen molar-refractivity contribution in [2.75, 3.05) is 15.8 Å². The number of hydrogen-bond donors (Lipinski definition) is 1. The SMILES string of the molecule is O=S1(=O)C[C@@H](O)[C@H](N(c2ccccc2)S(=O)(=O)c2ccc(Br)cc2)C1. The molecule has 1 aliphatic heterocycles. The van der Waals surface area contributed by atoms with Crippen LogP contribution in [-0.4, -0.2) is 45.6 Å². The highest BCUT2D eigenvalue weighted by Crippen LogP contribution is 2.31. The van der Waals surface area contributed by atoms with Gasteiger partial charge in [-0.15, -0.1) is 0 Å². The van der Waals surface area contributed by atoms with Crippen LogP contribution in [0.4, 0.5) is 5.69 Å². The van der Waals surface area contributed by atoms with Crippen LogP contribution in [0.15, 0.2) is 64.0 Å². The van der Waals surface area contributed by atoms with Gasteiger partial charge in [0.25, 0.3) is 10.0 Å². The molecule has 0 saturated carbocycles. The number of hydrogen-bond acceptors (Lipinski definition) is 5. The van der Waals surface area contributed by atoms with Crippen LogP contribution >= 0.6 is 15.9 Å². The molecule has 6 nitrogen and oxygen atoms in total. The molecule has 2 atom stereocenters. The van der Waals surface area contributed by atoms with E-state index in [1.165, 1.54) is 12.1 Å². The molecule has 2 aromatic carbocycles. The van der Waals surface area contributed by atoms with Crippen molar-refractivity contribution in [2.24, 2.45) is 0 Å². The van der Waals surface area contributed by atoms with E-state index in [9.17, 15) is 21.9 Å². The van der Waals surface area contributed by atoms with Crippen molar-refractivity contribution in [3.63, 3.8) is 0 Å². The van der Waals surface area contributed by atoms with Gasteiger partial charge in [-0.05, 0) is 36.4 Å². The Labute approximate surface area is 155 Å². The molecule has 3 rings (SSSR count). The number of para-hydroxylation sites is 1. The van der Waals surface area contributed by atoms with Gasteiger partial charge in [0.05, 0.1) is 34.2 Å². The monoisotopic (exact) mass is 445 g/mol. The molecule has 9 heteroatoms. The van der Waals surface area contributed by atoms with Gasteiger partial charge < -0.3 is 5.11 Å². The maximum atomic E-state index is 13.2. The van der Waals surface area contributed by atoms with E-state index in [0.717, 1.165) is 8.78 Å². The molecule has 1 heterocycles. The molecule has 0 aliphatic carbocycles. The largest absolute Gasteiger partial charge is 0.390 e. The molecular formula is C16H16BrNO5S2. The van der Waals surface area contributed by atoms with E-state index >= 15 is 0 Å². The maximum Gasteiger partial charge on any atom is 0.264 e. The molecule has 0 radical (unpaired) electrons. The van der Waals surface area contributed by atoms with Gasteiger partial charge in [-0.25, -0.2) is 16.8 Å². The summed E-state index contributed by atoms with van der Waals surface area (Å²) in [5, 5.41) is 10.2. The third kappa shape index (κ3) is 3.74. The first-order chi connectivity index (χ1) is 11.7. The fourth-order valence-corrected chi connectivity index (χ4v) is 6.64. The highest BCUT2D eigenvalue weighted by Gasteiger charge is 2.44. The lowest BCUT2D eigenvalue weighted by atomic mass is 10.2. The van der Waals surface area contributed by atoms with Crippen molar-refractivity contribution in [3.05, 3.63) is 59.1 Å². The van der Waals surface area contributed by atoms with E-state index in [1.807, 2.05) is 0 Å². The fraction of sp³-hybridized carbons (Fsp3) is 0.250. The second-order valence-electron chi connectivity index (χ2n) is 5.80. The summed E-state index contributed by atoms with van der Waals surface area (Å²) in [6, 6.07) is 13.2. The first kappa shape index (κ1) is 18.4. The number of sulfonamides is 1. The average molecular weight is 446 g/mol. The lowest BCUT2D eigenvalue weighted by Gasteiger charge is -2.31. The van der Waals surface area contributed by atoms with Crippen LogP contribution in [0.5, 0.6) is 0 Å². The summed E-state index contributed by atoms with van der Waals surface area (Å²) in [6.07, 6.45) is -1.28. The molecule has 0 spiro atoms. The van der Waals surface area contributed by atoms with E-state index in [0.29, 0.717) is 5.69 Å². The van der Waals surface area contributed by atoms with Crippen LogP contribution in [0.1, 0.15) is 0 Å². The Morgan fingerprint density at radius 1 is 1.00 bits per heavy atom. The predicted molar refractivity (Wildman–Crippen MR) is 98.7 cm³/mol.